The van der Waals surface area contributed by atoms with Gasteiger partial charge in [0.25, 0.3) is 5.91 Å². The Morgan fingerprint density at radius 2 is 2.12 bits per heavy atom. The first-order chi connectivity index (χ1) is 17.5. The maximum atomic E-state index is 13.4. The van der Waals surface area contributed by atoms with Gasteiger partial charge in [-0.25, -0.2) is 13.6 Å². The van der Waals surface area contributed by atoms with Gasteiger partial charge in [-0.05, 0) is 25.8 Å². The van der Waals surface area contributed by atoms with Gasteiger partial charge in [0.05, 0.1) is 25.9 Å². The number of nitrogens with zero attached hydrogens (tertiary/aromatic N) is 4. The molecule has 0 aromatic carbocycles. The average Bonchev–Trinajstić information content (AvgIpc) is 3.58. The van der Waals surface area contributed by atoms with Crippen molar-refractivity contribution in [3.05, 3.63) is 23.4 Å². The van der Waals surface area contributed by atoms with E-state index in [4.69, 9.17) is 14.0 Å². The number of rotatable bonds is 6. The zero-order valence-corrected chi connectivity index (χ0v) is 18.0. The number of carbonyl (C=O) groups excluding carboxylic acids is 2. The zero-order chi connectivity index (χ0) is 28.5. The molecule has 1 aliphatic rings. The van der Waals surface area contributed by atoms with Crippen LogP contribution in [-0.4, -0.2) is 51.4 Å². The molecule has 3 rings (SSSR count). The number of carbonyl (C=O) groups is 2. The third-order valence-electron chi connectivity index (χ3n) is 4.43. The van der Waals surface area contributed by atoms with Crippen LogP contribution in [0.1, 0.15) is 44.0 Å². The van der Waals surface area contributed by atoms with E-state index in [-0.39, 0.29) is 45.4 Å². The molecule has 0 bridgehead atoms. The molecule has 1 fully saturated rings. The molecule has 2 aromatic rings. The number of hydrogen-bond acceptors (Lipinski definition) is 9. The molecule has 1 aliphatic carbocycles. The Morgan fingerprint density at radius 3 is 2.78 bits per heavy atom. The van der Waals surface area contributed by atoms with E-state index in [1.165, 1.54) is 19.1 Å². The normalized spacial score (nSPS) is 17.9. The summed E-state index contributed by atoms with van der Waals surface area (Å²) in [6.45, 7) is -4.26. The summed E-state index contributed by atoms with van der Waals surface area (Å²) >= 11 is 0. The quantitative estimate of drug-likeness (QED) is 0.467. The molecule has 2 amide bonds. The molecule has 0 saturated heterocycles. The van der Waals surface area contributed by atoms with E-state index >= 15 is 0 Å². The molecule has 1 atom stereocenters. The number of aromatic nitrogens is 3. The Hall–Kier alpha value is -3.72. The van der Waals surface area contributed by atoms with Gasteiger partial charge in [0.2, 0.25) is 5.91 Å². The summed E-state index contributed by atoms with van der Waals surface area (Å²) < 4.78 is 61.2. The van der Waals surface area contributed by atoms with Crippen LogP contribution in [0.5, 0.6) is 0 Å². The van der Waals surface area contributed by atoms with E-state index in [9.17, 15) is 13.8 Å². The predicted molar refractivity (Wildman–Crippen MR) is 122 cm³/mol. The molecule has 0 unspecified atom stereocenters. The Bertz CT molecular complexity index is 1470. The molecule has 11 nitrogen and oxygen atoms in total. The van der Waals surface area contributed by atoms with Crippen LogP contribution in [0.4, 0.5) is 23.1 Å². The summed E-state index contributed by atoms with van der Waals surface area (Å²) in [4.78, 5) is 28.8. The topological polar surface area (TPSA) is 164 Å². The number of nitrogens with two attached hydrogens (primary N) is 1. The fourth-order valence-corrected chi connectivity index (χ4v) is 3.54. The predicted octanol–water partition coefficient (Wildman–Crippen LogP) is 1.36. The summed E-state index contributed by atoms with van der Waals surface area (Å²) in [7, 11) is -3.65. The van der Waals surface area contributed by atoms with Gasteiger partial charge >= 0.3 is 0 Å². The van der Waals surface area contributed by atoms with Crippen molar-refractivity contribution in [3.8, 4) is 11.8 Å². The highest BCUT2D eigenvalue weighted by atomic mass is 32.2. The van der Waals surface area contributed by atoms with Gasteiger partial charge in [-0.15, -0.1) is 16.1 Å². The molecule has 168 valence electrons. The molecule has 12 heteroatoms. The van der Waals surface area contributed by atoms with Crippen LogP contribution >= 0.6 is 0 Å². The Balaban J connectivity index is 2.19. The van der Waals surface area contributed by atoms with Gasteiger partial charge in [0.1, 0.15) is 11.6 Å². The molecule has 2 aromatic heterocycles. The highest BCUT2D eigenvalue weighted by Gasteiger charge is 2.30. The zero-order valence-electron chi connectivity index (χ0n) is 23.1. The van der Waals surface area contributed by atoms with E-state index in [1.807, 2.05) is 0 Å². The van der Waals surface area contributed by atoms with Crippen molar-refractivity contribution in [3.63, 3.8) is 0 Å². The van der Waals surface area contributed by atoms with Crippen LogP contribution in [0.3, 0.4) is 0 Å². The summed E-state index contributed by atoms with van der Waals surface area (Å²) in [5, 5.41) is 14.6. The smallest absolute Gasteiger partial charge is 0.273 e. The molecule has 0 aliphatic heterocycles. The molecule has 0 radical (unpaired) electrons. The number of hydrogen-bond donors (Lipinski definition) is 4. The Labute approximate surface area is 194 Å². The highest BCUT2D eigenvalue weighted by molar-refractivity contribution is 7.93. The van der Waals surface area contributed by atoms with Crippen LogP contribution in [0.25, 0.3) is 0 Å². The molecular weight excluding hydrogens is 432 g/mol. The summed E-state index contributed by atoms with van der Waals surface area (Å²) in [5.41, 5.74) is 5.43. The summed E-state index contributed by atoms with van der Waals surface area (Å²) in [5.74, 6) is 3.20. The molecule has 32 heavy (non-hydrogen) atoms. The standard InChI is InChI=1S/C20H24N8O3S/c1-5-6-12-9-14(32(4,31)23-3)18(26-17(12)21)24-13-10-15(25-19(29)11-7-8-11)27-28-16(13)20(30)22-2/h9-11H,7-8H2,1-4H3,(H,22,30)(H4,21,24,25,26,27,29)/t32-/m1/s1/i2D3,3D3. The van der Waals surface area contributed by atoms with E-state index in [2.05, 4.69) is 42.0 Å². The molecule has 0 spiro atoms. The number of nitrogens with one attached hydrogen (secondary N) is 3. The van der Waals surface area contributed by atoms with Crippen molar-refractivity contribution in [1.82, 2.24) is 20.5 Å². The fraction of sp³-hybridized carbons (Fsp3) is 0.350. The van der Waals surface area contributed by atoms with Crippen molar-refractivity contribution in [1.29, 1.82) is 0 Å². The van der Waals surface area contributed by atoms with Crippen molar-refractivity contribution in [2.75, 3.05) is 36.6 Å². The summed E-state index contributed by atoms with van der Waals surface area (Å²) in [6, 6.07) is 2.45. The highest BCUT2D eigenvalue weighted by Crippen LogP contribution is 2.31. The largest absolute Gasteiger partial charge is 0.383 e. The second-order valence-electron chi connectivity index (χ2n) is 6.87. The lowest BCUT2D eigenvalue weighted by Gasteiger charge is -2.16. The maximum Gasteiger partial charge on any atom is 0.273 e. The third-order valence-corrected chi connectivity index (χ3v) is 5.91. The van der Waals surface area contributed by atoms with E-state index in [1.54, 1.807) is 5.32 Å². The number of pyridine rings is 1. The van der Waals surface area contributed by atoms with Crippen molar-refractivity contribution < 1.29 is 22.0 Å². The van der Waals surface area contributed by atoms with Crippen LogP contribution in [0, 0.1) is 17.8 Å². The van der Waals surface area contributed by atoms with Crippen LogP contribution in [0.15, 0.2) is 21.4 Å². The number of nitrogen functional groups attached to an aromatic ring is 1. The van der Waals surface area contributed by atoms with Gasteiger partial charge in [-0.3, -0.25) is 9.59 Å². The molecule has 1 saturated carbocycles. The Morgan fingerprint density at radius 1 is 1.34 bits per heavy atom. The number of amides is 2. The third kappa shape index (κ3) is 4.94. The lowest BCUT2D eigenvalue weighted by molar-refractivity contribution is -0.117. The van der Waals surface area contributed by atoms with Gasteiger partial charge < -0.3 is 21.7 Å². The van der Waals surface area contributed by atoms with Crippen LogP contribution in [-0.2, 0) is 14.5 Å². The second-order valence-corrected chi connectivity index (χ2v) is 9.10. The first-order valence-corrected chi connectivity index (χ1v) is 11.2. The maximum absolute atomic E-state index is 13.4. The number of anilines is 4. The van der Waals surface area contributed by atoms with E-state index in [0.29, 0.717) is 12.8 Å². The minimum atomic E-state index is -3.65. The molecular formula is C20H24N8O3S. The lowest BCUT2D eigenvalue weighted by atomic mass is 10.2. The minimum absolute atomic E-state index is 0.0674. The van der Waals surface area contributed by atoms with Crippen LogP contribution in [0.2, 0.25) is 0 Å². The first kappa shape index (κ1) is 16.0. The Kier molecular flexibility index (Phi) is 4.59. The summed E-state index contributed by atoms with van der Waals surface area (Å²) in [6.07, 6.45) is 2.50. The van der Waals surface area contributed by atoms with Gasteiger partial charge in [0, 0.05) is 40.4 Å². The van der Waals surface area contributed by atoms with Gasteiger partial charge in [0.15, 0.2) is 11.5 Å². The first-order valence-electron chi connectivity index (χ1n) is 12.2. The monoisotopic (exact) mass is 462 g/mol. The average molecular weight is 463 g/mol. The van der Waals surface area contributed by atoms with Gasteiger partial charge in [-0.2, -0.15) is 0 Å². The van der Waals surface area contributed by atoms with Crippen molar-refractivity contribution >= 4 is 44.7 Å². The SMILES string of the molecule is [2H]C([2H])([2H])N=[S@](C)(=O)c1cc(C#CC)c(N)nc1Nc1cc(NC(=O)C2CC2)nnc1C(=O)NC([2H])([2H])[2H]. The van der Waals surface area contributed by atoms with Crippen molar-refractivity contribution in [2.45, 2.75) is 24.7 Å². The van der Waals surface area contributed by atoms with Crippen molar-refractivity contribution in [2.24, 2.45) is 10.3 Å². The minimum Gasteiger partial charge on any atom is -0.383 e. The van der Waals surface area contributed by atoms with E-state index < -0.39 is 35.3 Å². The van der Waals surface area contributed by atoms with E-state index in [0.717, 1.165) is 6.26 Å². The van der Waals surface area contributed by atoms with Gasteiger partial charge in [-0.1, -0.05) is 5.92 Å². The van der Waals surface area contributed by atoms with Crippen LogP contribution < -0.4 is 21.7 Å². The molecule has 5 N–H and O–H groups in total. The lowest BCUT2D eigenvalue weighted by Crippen LogP contribution is -2.23. The fourth-order valence-electron chi connectivity index (χ4n) is 2.65. The second kappa shape index (κ2) is 9.19. The molecule has 2 heterocycles.